The maximum absolute atomic E-state index is 13.3. The minimum Gasteiger partial charge on any atom is -0.439 e. The summed E-state index contributed by atoms with van der Waals surface area (Å²) in [5.41, 5.74) is -1.07. The minimum atomic E-state index is -4.43. The summed E-state index contributed by atoms with van der Waals surface area (Å²) in [5.74, 6) is 0.292. The normalized spacial score (nSPS) is 14.9. The first-order valence-electron chi connectivity index (χ1n) is 9.85. The van der Waals surface area contributed by atoms with Crippen molar-refractivity contribution in [3.63, 3.8) is 0 Å². The second-order valence-corrected chi connectivity index (χ2v) is 7.60. The molecule has 170 valence electrons. The fraction of sp³-hybridized carbons (Fsp3) is 0.238. The van der Waals surface area contributed by atoms with Crippen LogP contribution in [0.2, 0.25) is 0 Å². The number of hydrogen-bond donors (Lipinski definition) is 2. The van der Waals surface area contributed by atoms with Crippen LogP contribution in [0, 0.1) is 0 Å². The molecule has 3 heterocycles. The number of alkyl halides is 3. The van der Waals surface area contributed by atoms with E-state index in [-0.39, 0.29) is 36.9 Å². The van der Waals surface area contributed by atoms with E-state index < -0.39 is 17.6 Å². The van der Waals surface area contributed by atoms with Crippen molar-refractivity contribution in [3.8, 4) is 11.6 Å². The zero-order valence-corrected chi connectivity index (χ0v) is 16.8. The lowest BCUT2D eigenvalue weighted by molar-refractivity contribution is -0.165. The van der Waals surface area contributed by atoms with Crippen molar-refractivity contribution in [1.82, 2.24) is 19.7 Å². The van der Waals surface area contributed by atoms with E-state index in [0.29, 0.717) is 22.3 Å². The monoisotopic (exact) mass is 459 g/mol. The molecular formula is C21H16F3N5O4. The van der Waals surface area contributed by atoms with Gasteiger partial charge in [0.1, 0.15) is 17.5 Å². The van der Waals surface area contributed by atoms with Crippen LogP contribution in [0.3, 0.4) is 0 Å². The highest BCUT2D eigenvalue weighted by Crippen LogP contribution is 2.59. The van der Waals surface area contributed by atoms with Gasteiger partial charge in [0.25, 0.3) is 0 Å². The van der Waals surface area contributed by atoms with Gasteiger partial charge in [0, 0.05) is 23.7 Å². The standard InChI is InChI=1S/C21H16F3N5O4/c22-21(23,24)20(4-5-20)16-9-17(28-33-16)27-19(31)29-6-3-12-7-14(1-2-15(12)29)32-18-8-13(10-30)25-11-26-18/h1-3,6-9,11,30H,4-5,10H2,(H,27,28,31). The van der Waals surface area contributed by atoms with Crippen LogP contribution in [-0.2, 0) is 12.0 Å². The second-order valence-electron chi connectivity index (χ2n) is 7.60. The number of aromatic nitrogens is 4. The summed E-state index contributed by atoms with van der Waals surface area (Å²) in [6, 6.07) is 8.64. The Morgan fingerprint density at radius 3 is 2.76 bits per heavy atom. The lowest BCUT2D eigenvalue weighted by atomic mass is 10.0. The van der Waals surface area contributed by atoms with E-state index in [4.69, 9.17) is 14.4 Å². The Labute approximate surface area is 183 Å². The van der Waals surface area contributed by atoms with Gasteiger partial charge in [-0.05, 0) is 37.1 Å². The van der Waals surface area contributed by atoms with E-state index in [1.54, 1.807) is 24.3 Å². The number of hydrogen-bond acceptors (Lipinski definition) is 7. The predicted octanol–water partition coefficient (Wildman–Crippen LogP) is 4.38. The smallest absolute Gasteiger partial charge is 0.401 e. The number of aliphatic hydroxyl groups is 1. The Balaban J connectivity index is 1.33. The molecule has 9 nitrogen and oxygen atoms in total. The van der Waals surface area contributed by atoms with Crippen LogP contribution in [0.5, 0.6) is 11.6 Å². The molecule has 1 aliphatic rings. The second kappa shape index (κ2) is 7.59. The average molecular weight is 459 g/mol. The maximum atomic E-state index is 13.3. The fourth-order valence-electron chi connectivity index (χ4n) is 3.53. The largest absolute Gasteiger partial charge is 0.439 e. The van der Waals surface area contributed by atoms with E-state index in [9.17, 15) is 18.0 Å². The first-order valence-corrected chi connectivity index (χ1v) is 9.85. The number of benzene rings is 1. The molecule has 0 aliphatic heterocycles. The van der Waals surface area contributed by atoms with Crippen LogP contribution in [-0.4, -0.2) is 37.0 Å². The van der Waals surface area contributed by atoms with E-state index >= 15 is 0 Å². The van der Waals surface area contributed by atoms with E-state index in [0.717, 1.165) is 6.07 Å². The van der Waals surface area contributed by atoms with E-state index in [1.807, 2.05) is 0 Å². The number of halogens is 3. The molecule has 0 radical (unpaired) electrons. The number of ether oxygens (including phenoxy) is 1. The number of aliphatic hydroxyl groups excluding tert-OH is 1. The van der Waals surface area contributed by atoms with Crippen molar-refractivity contribution in [1.29, 1.82) is 0 Å². The van der Waals surface area contributed by atoms with Gasteiger partial charge in [0.05, 0.1) is 17.8 Å². The molecular weight excluding hydrogens is 443 g/mol. The molecule has 1 aliphatic carbocycles. The molecule has 1 fully saturated rings. The summed E-state index contributed by atoms with van der Waals surface area (Å²) >= 11 is 0. The van der Waals surface area contributed by atoms with Gasteiger partial charge in [0.2, 0.25) is 5.88 Å². The molecule has 0 unspecified atom stereocenters. The topological polar surface area (TPSA) is 115 Å². The summed E-state index contributed by atoms with van der Waals surface area (Å²) in [4.78, 5) is 20.5. The molecule has 33 heavy (non-hydrogen) atoms. The summed E-state index contributed by atoms with van der Waals surface area (Å²) in [6.45, 7) is -0.250. The first kappa shape index (κ1) is 20.9. The highest BCUT2D eigenvalue weighted by molar-refractivity contribution is 5.98. The fourth-order valence-corrected chi connectivity index (χ4v) is 3.53. The third-order valence-electron chi connectivity index (χ3n) is 5.47. The van der Waals surface area contributed by atoms with Gasteiger partial charge in [0.15, 0.2) is 11.6 Å². The van der Waals surface area contributed by atoms with Crippen molar-refractivity contribution in [3.05, 3.63) is 60.4 Å². The van der Waals surface area contributed by atoms with Crippen molar-refractivity contribution in [2.45, 2.75) is 31.0 Å². The lowest BCUT2D eigenvalue weighted by Crippen LogP contribution is -2.28. The molecule has 2 N–H and O–H groups in total. The summed E-state index contributed by atoms with van der Waals surface area (Å²) in [7, 11) is 0. The zero-order valence-electron chi connectivity index (χ0n) is 16.8. The number of amides is 1. The lowest BCUT2D eigenvalue weighted by Gasteiger charge is -2.14. The minimum absolute atomic E-state index is 0.0674. The van der Waals surface area contributed by atoms with Gasteiger partial charge in [-0.25, -0.2) is 14.8 Å². The van der Waals surface area contributed by atoms with Crippen molar-refractivity contribution in [2.24, 2.45) is 0 Å². The van der Waals surface area contributed by atoms with Crippen LogP contribution >= 0.6 is 0 Å². The van der Waals surface area contributed by atoms with Crippen molar-refractivity contribution in [2.75, 3.05) is 5.32 Å². The zero-order chi connectivity index (χ0) is 23.2. The molecule has 12 heteroatoms. The van der Waals surface area contributed by atoms with Crippen molar-refractivity contribution < 1.29 is 32.3 Å². The highest BCUT2D eigenvalue weighted by Gasteiger charge is 2.66. The quantitative estimate of drug-likeness (QED) is 0.455. The molecule has 0 saturated heterocycles. The van der Waals surface area contributed by atoms with Crippen LogP contribution in [0.15, 0.2) is 53.4 Å². The van der Waals surface area contributed by atoms with Gasteiger partial charge in [-0.15, -0.1) is 0 Å². The molecule has 0 bridgehead atoms. The first-order chi connectivity index (χ1) is 15.8. The van der Waals surface area contributed by atoms with Gasteiger partial charge < -0.3 is 14.4 Å². The third kappa shape index (κ3) is 3.78. The Bertz CT molecular complexity index is 1340. The van der Waals surface area contributed by atoms with Gasteiger partial charge in [-0.2, -0.15) is 13.2 Å². The van der Waals surface area contributed by atoms with Crippen LogP contribution in [0.1, 0.15) is 24.3 Å². The number of nitrogens with one attached hydrogen (secondary N) is 1. The average Bonchev–Trinajstić information content (AvgIpc) is 3.31. The molecule has 1 saturated carbocycles. The molecule has 0 atom stereocenters. The van der Waals surface area contributed by atoms with Crippen LogP contribution in [0.4, 0.5) is 23.8 Å². The van der Waals surface area contributed by atoms with E-state index in [2.05, 4.69) is 20.4 Å². The van der Waals surface area contributed by atoms with Gasteiger partial charge >= 0.3 is 12.2 Å². The Hall–Kier alpha value is -3.93. The summed E-state index contributed by atoms with van der Waals surface area (Å²) in [5, 5.41) is 15.9. The number of rotatable bonds is 5. The summed E-state index contributed by atoms with van der Waals surface area (Å²) in [6.07, 6.45) is -1.79. The molecule has 5 rings (SSSR count). The Kier molecular flexibility index (Phi) is 4.81. The van der Waals surface area contributed by atoms with Crippen LogP contribution in [0.25, 0.3) is 10.9 Å². The molecule has 3 aromatic heterocycles. The van der Waals surface area contributed by atoms with Gasteiger partial charge in [-0.3, -0.25) is 9.88 Å². The molecule has 0 spiro atoms. The SMILES string of the molecule is O=C(Nc1cc(C2(C(F)(F)F)CC2)on1)n1ccc2cc(Oc3cc(CO)ncn3)ccc21. The number of carbonyl (C=O) groups excluding carboxylic acids is 1. The van der Waals surface area contributed by atoms with Crippen LogP contribution < -0.4 is 10.1 Å². The molecule has 4 aromatic rings. The molecule has 1 aromatic carbocycles. The Morgan fingerprint density at radius 1 is 1.21 bits per heavy atom. The number of fused-ring (bicyclic) bond motifs is 1. The maximum Gasteiger partial charge on any atom is 0.401 e. The number of anilines is 1. The van der Waals surface area contributed by atoms with E-state index in [1.165, 1.54) is 23.2 Å². The van der Waals surface area contributed by atoms with Crippen molar-refractivity contribution >= 4 is 22.8 Å². The number of carbonyl (C=O) groups is 1. The third-order valence-corrected chi connectivity index (χ3v) is 5.47. The number of nitrogens with zero attached hydrogens (tertiary/aromatic N) is 4. The predicted molar refractivity (Wildman–Crippen MR) is 108 cm³/mol. The van der Waals surface area contributed by atoms with Gasteiger partial charge in [-0.1, -0.05) is 5.16 Å². The molecule has 1 amide bonds. The summed E-state index contributed by atoms with van der Waals surface area (Å²) < 4.78 is 51.6. The Morgan fingerprint density at radius 2 is 2.03 bits per heavy atom. The highest BCUT2D eigenvalue weighted by atomic mass is 19.4.